The molecule has 0 radical (unpaired) electrons. The zero-order chi connectivity index (χ0) is 18.5. The molecular formula is C22H34O3. The first-order chi connectivity index (χ1) is 12.1. The molecule has 0 aliphatic rings. The summed E-state index contributed by atoms with van der Waals surface area (Å²) in [6, 6.07) is 8.10. The molecule has 0 spiro atoms. The molecule has 1 aromatic rings. The van der Waals surface area contributed by atoms with E-state index in [1.165, 1.54) is 50.5 Å². The number of hydrogen-bond donors (Lipinski definition) is 0. The Morgan fingerprint density at radius 3 is 2.16 bits per heavy atom. The van der Waals surface area contributed by atoms with Gasteiger partial charge in [0.1, 0.15) is 5.75 Å². The molecule has 25 heavy (non-hydrogen) atoms. The molecule has 0 fully saturated rings. The van der Waals surface area contributed by atoms with Crippen molar-refractivity contribution in [2.75, 3.05) is 0 Å². The SMILES string of the molecule is C=C(C)C(=O)OC(CC)Oc1ccc(CCCCCCCCC)cc1. The van der Waals surface area contributed by atoms with E-state index in [2.05, 4.69) is 25.6 Å². The second kappa shape index (κ2) is 12.6. The molecule has 0 heterocycles. The van der Waals surface area contributed by atoms with Crippen molar-refractivity contribution < 1.29 is 14.3 Å². The van der Waals surface area contributed by atoms with E-state index in [1.54, 1.807) is 6.92 Å². The summed E-state index contributed by atoms with van der Waals surface area (Å²) in [7, 11) is 0. The van der Waals surface area contributed by atoms with Crippen LogP contribution in [-0.4, -0.2) is 12.3 Å². The first kappa shape index (κ1) is 21.3. The highest BCUT2D eigenvalue weighted by molar-refractivity contribution is 5.87. The van der Waals surface area contributed by atoms with Crippen LogP contribution in [0.5, 0.6) is 5.75 Å². The zero-order valence-electron chi connectivity index (χ0n) is 16.2. The van der Waals surface area contributed by atoms with Crippen LogP contribution in [0.2, 0.25) is 0 Å². The minimum Gasteiger partial charge on any atom is -0.455 e. The molecular weight excluding hydrogens is 312 g/mol. The second-order valence-electron chi connectivity index (χ2n) is 6.66. The van der Waals surface area contributed by atoms with Crippen LogP contribution in [0.3, 0.4) is 0 Å². The topological polar surface area (TPSA) is 35.5 Å². The van der Waals surface area contributed by atoms with Crippen LogP contribution in [-0.2, 0) is 16.0 Å². The average Bonchev–Trinajstić information content (AvgIpc) is 2.61. The van der Waals surface area contributed by atoms with Gasteiger partial charge in [-0.05, 0) is 37.5 Å². The van der Waals surface area contributed by atoms with Crippen LogP contribution in [0.25, 0.3) is 0 Å². The lowest BCUT2D eigenvalue weighted by Crippen LogP contribution is -2.23. The number of aryl methyl sites for hydroxylation is 1. The number of benzene rings is 1. The predicted molar refractivity (Wildman–Crippen MR) is 104 cm³/mol. The van der Waals surface area contributed by atoms with Gasteiger partial charge in [0.05, 0.1) is 0 Å². The van der Waals surface area contributed by atoms with Crippen LogP contribution in [0.1, 0.15) is 77.7 Å². The maximum Gasteiger partial charge on any atom is 0.336 e. The number of esters is 1. The average molecular weight is 347 g/mol. The molecule has 140 valence electrons. The monoisotopic (exact) mass is 346 g/mol. The van der Waals surface area contributed by atoms with Gasteiger partial charge >= 0.3 is 5.97 Å². The summed E-state index contributed by atoms with van der Waals surface area (Å²) in [6.07, 6.45) is 10.4. The maximum absolute atomic E-state index is 11.6. The van der Waals surface area contributed by atoms with E-state index in [0.717, 1.165) is 12.2 Å². The lowest BCUT2D eigenvalue weighted by Gasteiger charge is -2.18. The van der Waals surface area contributed by atoms with E-state index in [0.29, 0.717) is 12.0 Å². The van der Waals surface area contributed by atoms with Gasteiger partial charge in [-0.15, -0.1) is 0 Å². The van der Waals surface area contributed by atoms with Crippen molar-refractivity contribution in [3.05, 3.63) is 42.0 Å². The summed E-state index contributed by atoms with van der Waals surface area (Å²) in [5, 5.41) is 0. The van der Waals surface area contributed by atoms with Crippen LogP contribution in [0, 0.1) is 0 Å². The van der Waals surface area contributed by atoms with E-state index in [9.17, 15) is 4.79 Å². The number of hydrogen-bond acceptors (Lipinski definition) is 3. The van der Waals surface area contributed by atoms with E-state index in [-0.39, 0.29) is 0 Å². The van der Waals surface area contributed by atoms with Crippen LogP contribution in [0.4, 0.5) is 0 Å². The van der Waals surface area contributed by atoms with Crippen molar-refractivity contribution >= 4 is 5.97 Å². The Bertz CT molecular complexity index is 505. The largest absolute Gasteiger partial charge is 0.455 e. The third-order valence-corrected chi connectivity index (χ3v) is 4.18. The zero-order valence-corrected chi connectivity index (χ0v) is 16.2. The van der Waals surface area contributed by atoms with Crippen molar-refractivity contribution in [2.24, 2.45) is 0 Å². The number of ether oxygens (including phenoxy) is 2. The molecule has 1 unspecified atom stereocenters. The fourth-order valence-corrected chi connectivity index (χ4v) is 2.58. The molecule has 0 saturated heterocycles. The highest BCUT2D eigenvalue weighted by atomic mass is 16.7. The fourth-order valence-electron chi connectivity index (χ4n) is 2.58. The molecule has 0 N–H and O–H groups in total. The molecule has 0 aliphatic heterocycles. The molecule has 0 bridgehead atoms. The minimum absolute atomic E-state index is 0.382. The fraction of sp³-hybridized carbons (Fsp3) is 0.591. The van der Waals surface area contributed by atoms with Gasteiger partial charge in [-0.1, -0.05) is 71.1 Å². The van der Waals surface area contributed by atoms with Crippen molar-refractivity contribution in [2.45, 2.75) is 84.8 Å². The second-order valence-corrected chi connectivity index (χ2v) is 6.66. The van der Waals surface area contributed by atoms with Crippen LogP contribution >= 0.6 is 0 Å². The highest BCUT2D eigenvalue weighted by Gasteiger charge is 2.14. The van der Waals surface area contributed by atoms with Crippen molar-refractivity contribution in [1.82, 2.24) is 0 Å². The number of rotatable bonds is 13. The third kappa shape index (κ3) is 9.33. The summed E-state index contributed by atoms with van der Waals surface area (Å²) in [5.41, 5.74) is 1.71. The molecule has 3 heteroatoms. The van der Waals surface area contributed by atoms with Gasteiger partial charge in [0.2, 0.25) is 6.29 Å². The molecule has 1 rings (SSSR count). The lowest BCUT2D eigenvalue weighted by molar-refractivity contribution is -0.159. The Morgan fingerprint density at radius 1 is 1.00 bits per heavy atom. The standard InChI is InChI=1S/C22H34O3/c1-5-7-8-9-10-11-12-13-19-14-16-20(17-15-19)24-21(6-2)25-22(23)18(3)4/h14-17,21H,3,5-13H2,1-2,4H3. The number of unbranched alkanes of at least 4 members (excludes halogenated alkanes) is 6. The highest BCUT2D eigenvalue weighted by Crippen LogP contribution is 2.18. The molecule has 0 amide bonds. The van der Waals surface area contributed by atoms with Gasteiger partial charge < -0.3 is 9.47 Å². The van der Waals surface area contributed by atoms with Crippen molar-refractivity contribution in [3.8, 4) is 5.75 Å². The Labute approximate surface area is 153 Å². The normalized spacial score (nSPS) is 11.8. The third-order valence-electron chi connectivity index (χ3n) is 4.18. The molecule has 1 aromatic carbocycles. The van der Waals surface area contributed by atoms with Gasteiger partial charge in [0, 0.05) is 12.0 Å². The molecule has 3 nitrogen and oxygen atoms in total. The summed E-state index contributed by atoms with van der Waals surface area (Å²) in [4.78, 5) is 11.6. The molecule has 0 aliphatic carbocycles. The minimum atomic E-state index is -0.571. The van der Waals surface area contributed by atoms with E-state index < -0.39 is 12.3 Å². The van der Waals surface area contributed by atoms with E-state index in [4.69, 9.17) is 9.47 Å². The Morgan fingerprint density at radius 2 is 1.60 bits per heavy atom. The summed E-state index contributed by atoms with van der Waals surface area (Å²) < 4.78 is 11.0. The molecule has 1 atom stereocenters. The maximum atomic E-state index is 11.6. The lowest BCUT2D eigenvalue weighted by atomic mass is 10.0. The predicted octanol–water partition coefficient (Wildman–Crippen LogP) is 6.21. The van der Waals surface area contributed by atoms with Crippen LogP contribution < -0.4 is 4.74 Å². The Kier molecular flexibility index (Phi) is 10.7. The molecule has 0 aromatic heterocycles. The summed E-state index contributed by atoms with van der Waals surface area (Å²) in [5.74, 6) is 0.312. The van der Waals surface area contributed by atoms with Gasteiger partial charge in [-0.3, -0.25) is 0 Å². The van der Waals surface area contributed by atoms with E-state index >= 15 is 0 Å². The Balaban J connectivity index is 2.32. The van der Waals surface area contributed by atoms with Gasteiger partial charge in [0.25, 0.3) is 0 Å². The van der Waals surface area contributed by atoms with Gasteiger partial charge in [-0.2, -0.15) is 0 Å². The summed E-state index contributed by atoms with van der Waals surface area (Å²) >= 11 is 0. The molecule has 0 saturated carbocycles. The number of carbonyl (C=O) groups excluding carboxylic acids is 1. The van der Waals surface area contributed by atoms with Gasteiger partial charge in [0.15, 0.2) is 0 Å². The smallest absolute Gasteiger partial charge is 0.336 e. The first-order valence-corrected chi connectivity index (χ1v) is 9.68. The summed E-state index contributed by atoms with van der Waals surface area (Å²) in [6.45, 7) is 9.39. The number of carbonyl (C=O) groups is 1. The quantitative estimate of drug-likeness (QED) is 0.184. The van der Waals surface area contributed by atoms with Crippen molar-refractivity contribution in [3.63, 3.8) is 0 Å². The van der Waals surface area contributed by atoms with Gasteiger partial charge in [-0.25, -0.2) is 4.79 Å². The Hall–Kier alpha value is -1.77. The first-order valence-electron chi connectivity index (χ1n) is 9.68. The van der Waals surface area contributed by atoms with Crippen LogP contribution in [0.15, 0.2) is 36.4 Å². The van der Waals surface area contributed by atoms with Crippen molar-refractivity contribution in [1.29, 1.82) is 0 Å². The van der Waals surface area contributed by atoms with E-state index in [1.807, 2.05) is 19.1 Å².